The average Bonchev–Trinajstić information content (AvgIpc) is 3.14. The Morgan fingerprint density at radius 3 is 2.44 bits per heavy atom. The van der Waals surface area contributed by atoms with E-state index < -0.39 is 28.4 Å². The van der Waals surface area contributed by atoms with Crippen LogP contribution in [0.5, 0.6) is 0 Å². The second-order valence-corrected chi connectivity index (χ2v) is 7.61. The van der Waals surface area contributed by atoms with Gasteiger partial charge in [-0.15, -0.1) is 11.3 Å². The molecule has 25 heavy (non-hydrogen) atoms. The number of aromatic nitrogens is 3. The van der Waals surface area contributed by atoms with Gasteiger partial charge in [0, 0.05) is 11.9 Å². The van der Waals surface area contributed by atoms with Gasteiger partial charge in [0.1, 0.15) is 4.83 Å². The highest BCUT2D eigenvalue weighted by molar-refractivity contribution is 7.99. The highest BCUT2D eigenvalue weighted by Gasteiger charge is 2.26. The van der Waals surface area contributed by atoms with Crippen molar-refractivity contribution in [3.8, 4) is 0 Å². The third-order valence-electron chi connectivity index (χ3n) is 4.06. The molecular weight excluding hydrogens is 378 g/mol. The highest BCUT2D eigenvalue weighted by Crippen LogP contribution is 2.37. The molecule has 0 bridgehead atoms. The quantitative estimate of drug-likeness (QED) is 0.383. The summed E-state index contributed by atoms with van der Waals surface area (Å²) >= 11 is 1.72. The first kappa shape index (κ1) is 16.5. The molecule has 1 aliphatic carbocycles. The fourth-order valence-electron chi connectivity index (χ4n) is 2.85. The normalized spacial score (nSPS) is 13.6. The van der Waals surface area contributed by atoms with Gasteiger partial charge >= 0.3 is 0 Å². The fraction of sp³-hybridized carbons (Fsp3) is 0.267. The molecule has 0 radical (unpaired) electrons. The standard InChI is InChI=1S/C15H9F4N3OS2/c1-22-14(23)7-5-3-2-4-6(5)24-13(7)21-15(22)25-10-8(16)11(18)20-12(19)9(10)17/h2-4H2,1H3. The summed E-state index contributed by atoms with van der Waals surface area (Å²) in [7, 11) is 1.40. The van der Waals surface area contributed by atoms with Crippen molar-refractivity contribution in [2.75, 3.05) is 0 Å². The van der Waals surface area contributed by atoms with Crippen LogP contribution in [0.15, 0.2) is 14.8 Å². The van der Waals surface area contributed by atoms with Gasteiger partial charge in [0.2, 0.25) is 0 Å². The predicted octanol–water partition coefficient (Wildman–Crippen LogP) is 3.59. The van der Waals surface area contributed by atoms with Gasteiger partial charge in [-0.1, -0.05) is 0 Å². The Balaban J connectivity index is 1.90. The summed E-state index contributed by atoms with van der Waals surface area (Å²) in [5.74, 6) is -6.73. The zero-order chi connectivity index (χ0) is 17.9. The molecule has 3 aromatic rings. The van der Waals surface area contributed by atoms with Crippen LogP contribution in [0.2, 0.25) is 0 Å². The maximum Gasteiger partial charge on any atom is 0.262 e. The summed E-state index contributed by atoms with van der Waals surface area (Å²) in [4.78, 5) is 20.1. The number of pyridine rings is 1. The van der Waals surface area contributed by atoms with Crippen LogP contribution in [-0.4, -0.2) is 14.5 Å². The molecule has 4 rings (SSSR count). The van der Waals surface area contributed by atoms with Gasteiger partial charge in [-0.2, -0.15) is 13.8 Å². The van der Waals surface area contributed by atoms with Crippen LogP contribution >= 0.6 is 23.1 Å². The largest absolute Gasteiger partial charge is 0.290 e. The monoisotopic (exact) mass is 387 g/mol. The van der Waals surface area contributed by atoms with Gasteiger partial charge in [0.05, 0.1) is 10.3 Å². The summed E-state index contributed by atoms with van der Waals surface area (Å²) in [6.07, 6.45) is 2.64. The van der Waals surface area contributed by atoms with Crippen molar-refractivity contribution in [1.29, 1.82) is 0 Å². The third kappa shape index (κ3) is 2.46. The van der Waals surface area contributed by atoms with Gasteiger partial charge in [-0.3, -0.25) is 9.36 Å². The molecule has 0 amide bonds. The molecule has 0 saturated carbocycles. The summed E-state index contributed by atoms with van der Waals surface area (Å²) in [5, 5.41) is 0.456. The molecule has 4 nitrogen and oxygen atoms in total. The molecule has 130 valence electrons. The first-order valence-corrected chi connectivity index (χ1v) is 8.91. The first-order valence-electron chi connectivity index (χ1n) is 7.27. The van der Waals surface area contributed by atoms with Crippen molar-refractivity contribution in [3.63, 3.8) is 0 Å². The summed E-state index contributed by atoms with van der Waals surface area (Å²) < 4.78 is 55.3. The minimum absolute atomic E-state index is 0.0553. The molecule has 0 saturated heterocycles. The van der Waals surface area contributed by atoms with Crippen LogP contribution in [0.3, 0.4) is 0 Å². The minimum Gasteiger partial charge on any atom is -0.290 e. The van der Waals surface area contributed by atoms with Gasteiger partial charge < -0.3 is 0 Å². The van der Waals surface area contributed by atoms with E-state index in [1.54, 1.807) is 0 Å². The summed E-state index contributed by atoms with van der Waals surface area (Å²) in [6.45, 7) is 0. The van der Waals surface area contributed by atoms with Crippen LogP contribution < -0.4 is 5.56 Å². The Kier molecular flexibility index (Phi) is 3.84. The number of hydrogen-bond acceptors (Lipinski definition) is 5. The molecule has 0 aromatic carbocycles. The Labute approximate surface area is 146 Å². The van der Waals surface area contributed by atoms with E-state index in [0.717, 1.165) is 34.3 Å². The number of hydrogen-bond donors (Lipinski definition) is 0. The van der Waals surface area contributed by atoms with Crippen LogP contribution in [0.4, 0.5) is 17.6 Å². The highest BCUT2D eigenvalue weighted by atomic mass is 32.2. The lowest BCUT2D eigenvalue weighted by atomic mass is 10.2. The second kappa shape index (κ2) is 5.80. The molecule has 0 aliphatic heterocycles. The van der Waals surface area contributed by atoms with E-state index in [-0.39, 0.29) is 10.7 Å². The number of nitrogens with zero attached hydrogens (tertiary/aromatic N) is 3. The molecule has 3 aromatic heterocycles. The van der Waals surface area contributed by atoms with Gasteiger partial charge in [0.15, 0.2) is 16.8 Å². The van der Waals surface area contributed by atoms with E-state index in [4.69, 9.17) is 0 Å². The molecule has 3 heterocycles. The van der Waals surface area contributed by atoms with Crippen LogP contribution in [0.1, 0.15) is 16.9 Å². The minimum atomic E-state index is -1.75. The van der Waals surface area contributed by atoms with E-state index >= 15 is 0 Å². The molecule has 0 N–H and O–H groups in total. The Morgan fingerprint density at radius 2 is 1.76 bits per heavy atom. The predicted molar refractivity (Wildman–Crippen MR) is 85.1 cm³/mol. The average molecular weight is 387 g/mol. The molecule has 0 spiro atoms. The molecule has 0 atom stereocenters. The first-order chi connectivity index (χ1) is 11.9. The van der Waals surface area contributed by atoms with Gasteiger partial charge in [-0.25, -0.2) is 13.8 Å². The number of halogens is 4. The number of thiophene rings is 1. The fourth-order valence-corrected chi connectivity index (χ4v) is 5.04. The van der Waals surface area contributed by atoms with E-state index in [1.165, 1.54) is 18.4 Å². The van der Waals surface area contributed by atoms with Gasteiger partial charge in [-0.05, 0) is 36.6 Å². The topological polar surface area (TPSA) is 47.8 Å². The van der Waals surface area contributed by atoms with Crippen LogP contribution in [-0.2, 0) is 19.9 Å². The third-order valence-corrected chi connectivity index (χ3v) is 6.35. The van der Waals surface area contributed by atoms with Crippen molar-refractivity contribution in [2.45, 2.75) is 29.3 Å². The Morgan fingerprint density at radius 1 is 1.08 bits per heavy atom. The Bertz CT molecular complexity index is 1070. The lowest BCUT2D eigenvalue weighted by molar-refractivity contribution is 0.383. The van der Waals surface area contributed by atoms with E-state index in [0.29, 0.717) is 22.0 Å². The zero-order valence-corrected chi connectivity index (χ0v) is 14.3. The number of rotatable bonds is 2. The van der Waals surface area contributed by atoms with Crippen LogP contribution in [0.25, 0.3) is 10.2 Å². The zero-order valence-electron chi connectivity index (χ0n) is 12.7. The van der Waals surface area contributed by atoms with E-state index in [9.17, 15) is 22.4 Å². The van der Waals surface area contributed by atoms with E-state index in [1.807, 2.05) is 0 Å². The van der Waals surface area contributed by atoms with Crippen molar-refractivity contribution in [2.24, 2.45) is 7.05 Å². The Hall–Kier alpha value is -1.94. The maximum atomic E-state index is 13.8. The summed E-state index contributed by atoms with van der Waals surface area (Å²) in [6, 6.07) is 0. The number of aryl methyl sites for hydroxylation is 2. The molecule has 0 fully saturated rings. The molecule has 0 unspecified atom stereocenters. The van der Waals surface area contributed by atoms with Crippen molar-refractivity contribution >= 4 is 33.3 Å². The smallest absolute Gasteiger partial charge is 0.262 e. The molecular formula is C15H9F4N3OS2. The maximum absolute atomic E-state index is 13.8. The van der Waals surface area contributed by atoms with Crippen molar-refractivity contribution < 1.29 is 17.6 Å². The lowest BCUT2D eigenvalue weighted by Gasteiger charge is -2.09. The van der Waals surface area contributed by atoms with Crippen molar-refractivity contribution in [3.05, 3.63) is 44.3 Å². The molecule has 1 aliphatic rings. The van der Waals surface area contributed by atoms with E-state index in [2.05, 4.69) is 9.97 Å². The SMILES string of the molecule is Cn1c(Sc2c(F)c(F)nc(F)c2F)nc2sc3c(c2c1=O)CCC3. The van der Waals surface area contributed by atoms with Gasteiger partial charge in [0.25, 0.3) is 17.5 Å². The summed E-state index contributed by atoms with van der Waals surface area (Å²) in [5.41, 5.74) is 0.630. The van der Waals surface area contributed by atoms with Crippen LogP contribution in [0, 0.1) is 23.5 Å². The molecule has 10 heteroatoms. The number of fused-ring (bicyclic) bond motifs is 3. The second-order valence-electron chi connectivity index (χ2n) is 5.55. The van der Waals surface area contributed by atoms with Crippen molar-refractivity contribution in [1.82, 2.24) is 14.5 Å². The lowest BCUT2D eigenvalue weighted by Crippen LogP contribution is -2.20.